The van der Waals surface area contributed by atoms with Gasteiger partial charge in [-0.15, -0.1) is 5.10 Å². The van der Waals surface area contributed by atoms with E-state index < -0.39 is 0 Å². The molecule has 1 aliphatic carbocycles. The van der Waals surface area contributed by atoms with Crippen LogP contribution >= 0.6 is 11.6 Å². The molecule has 2 aromatic carbocycles. The molecular weight excluding hydrogens is 360 g/mol. The zero-order chi connectivity index (χ0) is 18.4. The molecule has 0 atom stereocenters. The molecule has 0 radical (unpaired) electrons. The molecule has 1 saturated heterocycles. The molecule has 2 heterocycles. The molecule has 0 N–H and O–H groups in total. The normalized spacial score (nSPS) is 17.0. The minimum absolute atomic E-state index is 0.0615. The zero-order valence-electron chi connectivity index (χ0n) is 14.8. The number of benzene rings is 2. The molecule has 136 valence electrons. The van der Waals surface area contributed by atoms with Gasteiger partial charge in [-0.1, -0.05) is 41.1 Å². The number of carbonyl (C=O) groups excluding carboxylic acids is 1. The van der Waals surface area contributed by atoms with Crippen LogP contribution in [0.1, 0.15) is 40.9 Å². The van der Waals surface area contributed by atoms with Crippen LogP contribution in [0.3, 0.4) is 0 Å². The Morgan fingerprint density at radius 3 is 2.52 bits per heavy atom. The van der Waals surface area contributed by atoms with Gasteiger partial charge in [0.15, 0.2) is 0 Å². The van der Waals surface area contributed by atoms with Gasteiger partial charge in [-0.25, -0.2) is 4.68 Å². The molecule has 0 spiro atoms. The van der Waals surface area contributed by atoms with E-state index in [4.69, 9.17) is 11.6 Å². The number of hydrogen-bond acceptors (Lipinski definition) is 3. The Morgan fingerprint density at radius 2 is 1.81 bits per heavy atom. The molecule has 2 fully saturated rings. The molecule has 2 aliphatic rings. The van der Waals surface area contributed by atoms with E-state index in [0.717, 1.165) is 16.8 Å². The summed E-state index contributed by atoms with van der Waals surface area (Å²) >= 11 is 6.06. The smallest absolute Gasteiger partial charge is 0.253 e. The van der Waals surface area contributed by atoms with Crippen LogP contribution < -0.4 is 0 Å². The van der Waals surface area contributed by atoms with E-state index in [1.807, 2.05) is 64.3 Å². The lowest BCUT2D eigenvalue weighted by molar-refractivity contribution is 0.0498. The van der Waals surface area contributed by atoms with E-state index in [2.05, 4.69) is 10.3 Å². The lowest BCUT2D eigenvalue weighted by atomic mass is 10.0. The number of rotatable bonds is 4. The van der Waals surface area contributed by atoms with E-state index in [1.54, 1.807) is 0 Å². The fourth-order valence-corrected chi connectivity index (χ4v) is 3.67. The lowest BCUT2D eigenvalue weighted by Gasteiger charge is -2.38. The summed E-state index contributed by atoms with van der Waals surface area (Å²) in [6.45, 7) is 1.37. The summed E-state index contributed by atoms with van der Waals surface area (Å²) in [5.74, 6) is 0.668. The summed E-state index contributed by atoms with van der Waals surface area (Å²) in [6, 6.07) is 15.6. The summed E-state index contributed by atoms with van der Waals surface area (Å²) in [7, 11) is 0. The van der Waals surface area contributed by atoms with Crippen molar-refractivity contribution in [2.45, 2.75) is 24.8 Å². The van der Waals surface area contributed by atoms with Crippen molar-refractivity contribution in [2.75, 3.05) is 13.1 Å². The zero-order valence-corrected chi connectivity index (χ0v) is 15.5. The second-order valence-electron chi connectivity index (χ2n) is 7.35. The van der Waals surface area contributed by atoms with E-state index >= 15 is 0 Å². The first-order chi connectivity index (χ1) is 13.2. The first-order valence-corrected chi connectivity index (χ1v) is 9.62. The van der Waals surface area contributed by atoms with Crippen LogP contribution in [0.25, 0.3) is 11.1 Å². The van der Waals surface area contributed by atoms with Crippen LogP contribution in [0.5, 0.6) is 0 Å². The molecule has 1 aromatic heterocycles. The highest BCUT2D eigenvalue weighted by atomic mass is 35.5. The fourth-order valence-electron chi connectivity index (χ4n) is 3.48. The molecule has 6 heteroatoms. The summed E-state index contributed by atoms with van der Waals surface area (Å²) in [5.41, 5.74) is 3.89. The van der Waals surface area contributed by atoms with Crippen molar-refractivity contribution in [2.24, 2.45) is 0 Å². The van der Waals surface area contributed by atoms with Crippen molar-refractivity contribution < 1.29 is 4.79 Å². The lowest BCUT2D eigenvalue weighted by Crippen LogP contribution is -2.50. The third-order valence-corrected chi connectivity index (χ3v) is 5.57. The Kier molecular flexibility index (Phi) is 3.97. The van der Waals surface area contributed by atoms with Crippen LogP contribution in [-0.4, -0.2) is 38.9 Å². The number of likely N-dealkylation sites (tertiary alicyclic amines) is 1. The van der Waals surface area contributed by atoms with Crippen molar-refractivity contribution in [3.63, 3.8) is 0 Å². The molecule has 0 bridgehead atoms. The van der Waals surface area contributed by atoms with Gasteiger partial charge in [-0.2, -0.15) is 0 Å². The molecule has 1 amide bonds. The summed E-state index contributed by atoms with van der Waals surface area (Å²) in [5, 5.41) is 9.20. The third-order valence-electron chi connectivity index (χ3n) is 5.34. The molecular formula is C21H19ClN4O. The van der Waals surface area contributed by atoms with E-state index in [1.165, 1.54) is 12.8 Å². The largest absolute Gasteiger partial charge is 0.334 e. The average Bonchev–Trinajstić information content (AvgIpc) is 3.39. The molecule has 1 aliphatic heterocycles. The first-order valence-electron chi connectivity index (χ1n) is 9.24. The topological polar surface area (TPSA) is 51.0 Å². The van der Waals surface area contributed by atoms with Crippen molar-refractivity contribution in [1.82, 2.24) is 19.9 Å². The first kappa shape index (κ1) is 16.5. The Bertz CT molecular complexity index is 987. The molecule has 3 aromatic rings. The van der Waals surface area contributed by atoms with Crippen LogP contribution in [0.4, 0.5) is 0 Å². The highest BCUT2D eigenvalue weighted by molar-refractivity contribution is 6.30. The summed E-state index contributed by atoms with van der Waals surface area (Å²) in [4.78, 5) is 14.5. The van der Waals surface area contributed by atoms with Crippen molar-refractivity contribution >= 4 is 17.5 Å². The van der Waals surface area contributed by atoms with Gasteiger partial charge in [-0.3, -0.25) is 4.79 Å². The van der Waals surface area contributed by atoms with Gasteiger partial charge in [0.25, 0.3) is 5.91 Å². The van der Waals surface area contributed by atoms with Gasteiger partial charge < -0.3 is 4.90 Å². The molecule has 5 rings (SSSR count). The van der Waals surface area contributed by atoms with Gasteiger partial charge >= 0.3 is 0 Å². The maximum atomic E-state index is 12.7. The van der Waals surface area contributed by atoms with Crippen LogP contribution in [0.2, 0.25) is 5.02 Å². The van der Waals surface area contributed by atoms with Gasteiger partial charge in [0, 0.05) is 35.8 Å². The number of aromatic nitrogens is 3. The highest BCUT2D eigenvalue weighted by Gasteiger charge is 2.34. The van der Waals surface area contributed by atoms with Crippen LogP contribution in [0, 0.1) is 0 Å². The maximum absolute atomic E-state index is 12.7. The molecule has 1 saturated carbocycles. The summed E-state index contributed by atoms with van der Waals surface area (Å²) < 4.78 is 1.92. The molecule has 0 unspecified atom stereocenters. The Labute approximate surface area is 162 Å². The third kappa shape index (κ3) is 3.23. The number of hydrogen-bond donors (Lipinski definition) is 0. The number of halogens is 1. The van der Waals surface area contributed by atoms with Crippen molar-refractivity contribution in [3.8, 4) is 11.1 Å². The SMILES string of the molecule is O=C(c1ccc(-c2cccc(Cl)c2)cc1)N1CC(n2cc(C3CC3)nn2)C1. The van der Waals surface area contributed by atoms with Crippen molar-refractivity contribution in [1.29, 1.82) is 0 Å². The second kappa shape index (κ2) is 6.50. The Hall–Kier alpha value is -2.66. The van der Waals surface area contributed by atoms with E-state index in [9.17, 15) is 4.79 Å². The van der Waals surface area contributed by atoms with E-state index in [-0.39, 0.29) is 11.9 Å². The predicted molar refractivity (Wildman–Crippen MR) is 104 cm³/mol. The monoisotopic (exact) mass is 378 g/mol. The Morgan fingerprint density at radius 1 is 1.04 bits per heavy atom. The van der Waals surface area contributed by atoms with Gasteiger partial charge in [0.05, 0.1) is 11.7 Å². The Balaban J connectivity index is 1.23. The van der Waals surface area contributed by atoms with E-state index in [0.29, 0.717) is 29.6 Å². The maximum Gasteiger partial charge on any atom is 0.253 e. The van der Waals surface area contributed by atoms with Crippen LogP contribution in [-0.2, 0) is 0 Å². The second-order valence-corrected chi connectivity index (χ2v) is 7.79. The average molecular weight is 379 g/mol. The van der Waals surface area contributed by atoms with Crippen molar-refractivity contribution in [3.05, 3.63) is 71.0 Å². The standard InChI is InChI=1S/C21H19ClN4O/c22-18-3-1-2-17(10-18)14-4-8-16(9-5-14)21(27)25-11-19(12-25)26-13-20(23-24-26)15-6-7-15/h1-5,8-10,13,15,19H,6-7,11-12H2. The minimum Gasteiger partial charge on any atom is -0.334 e. The fraction of sp³-hybridized carbons (Fsp3) is 0.286. The highest BCUT2D eigenvalue weighted by Crippen LogP contribution is 2.39. The van der Waals surface area contributed by atoms with Gasteiger partial charge in [0.1, 0.15) is 0 Å². The predicted octanol–water partition coefficient (Wildman–Crippen LogP) is 4.17. The van der Waals surface area contributed by atoms with Gasteiger partial charge in [-0.05, 0) is 48.2 Å². The quantitative estimate of drug-likeness (QED) is 0.684. The minimum atomic E-state index is 0.0615. The number of amides is 1. The van der Waals surface area contributed by atoms with Gasteiger partial charge in [0.2, 0.25) is 0 Å². The number of carbonyl (C=O) groups is 1. The molecule has 27 heavy (non-hydrogen) atoms. The van der Waals surface area contributed by atoms with Crippen LogP contribution in [0.15, 0.2) is 54.7 Å². The summed E-state index contributed by atoms with van der Waals surface area (Å²) in [6.07, 6.45) is 4.49. The molecule has 5 nitrogen and oxygen atoms in total. The number of nitrogens with zero attached hydrogens (tertiary/aromatic N) is 4.